The molecule has 4 atom stereocenters. The average molecular weight is 882 g/mol. The Morgan fingerprint density at radius 3 is 2.25 bits per heavy atom. The zero-order chi connectivity index (χ0) is 45.4. The molecule has 1 fully saturated rings. The number of carbonyl (C=O) groups excluding carboxylic acids is 3. The van der Waals surface area contributed by atoms with Crippen LogP contribution >= 0.6 is 11.3 Å². The number of hydrogen-bond donors (Lipinski definition) is 5. The van der Waals surface area contributed by atoms with Gasteiger partial charge < -0.3 is 40.9 Å². The van der Waals surface area contributed by atoms with Crippen molar-refractivity contribution in [2.75, 3.05) is 45.2 Å². The first-order valence-electron chi connectivity index (χ1n) is 22.7. The zero-order valence-electron chi connectivity index (χ0n) is 38.5. The number of para-hydroxylation sites is 1. The van der Waals surface area contributed by atoms with E-state index in [1.807, 2.05) is 76.5 Å². The summed E-state index contributed by atoms with van der Waals surface area (Å²) in [5.74, 6) is 0.00325. The second-order valence-electron chi connectivity index (χ2n) is 18.1. The van der Waals surface area contributed by atoms with E-state index in [9.17, 15) is 19.5 Å². The van der Waals surface area contributed by atoms with Gasteiger partial charge in [-0.1, -0.05) is 94.6 Å². The minimum atomic E-state index is -0.844. The Hall–Kier alpha value is -4.82. The number of nitrogens with one attached hydrogen (secondary N) is 4. The molecule has 5 rings (SSSR count). The summed E-state index contributed by atoms with van der Waals surface area (Å²) in [6.07, 6.45) is 5.20. The lowest BCUT2D eigenvalue weighted by Gasteiger charge is -2.35. The van der Waals surface area contributed by atoms with E-state index in [1.54, 1.807) is 11.3 Å². The average Bonchev–Trinajstić information content (AvgIpc) is 3.88. The minimum absolute atomic E-state index is 0.0382. The van der Waals surface area contributed by atoms with E-state index in [4.69, 9.17) is 4.74 Å². The molecule has 0 spiro atoms. The summed E-state index contributed by atoms with van der Waals surface area (Å²) < 4.78 is 5.99. The van der Waals surface area contributed by atoms with Crippen molar-refractivity contribution in [3.05, 3.63) is 101 Å². The summed E-state index contributed by atoms with van der Waals surface area (Å²) in [7, 11) is 4.15. The minimum Gasteiger partial charge on any atom is -0.494 e. The highest BCUT2D eigenvalue weighted by molar-refractivity contribution is 7.13. The van der Waals surface area contributed by atoms with Crippen LogP contribution in [-0.2, 0) is 27.5 Å². The summed E-state index contributed by atoms with van der Waals surface area (Å²) in [4.78, 5) is 49.9. The predicted octanol–water partition coefficient (Wildman–Crippen LogP) is 7.54. The monoisotopic (exact) mass is 882 g/mol. The molecule has 3 amide bonds. The molecule has 1 aromatic heterocycles. The molecule has 3 aromatic carbocycles. The van der Waals surface area contributed by atoms with Crippen molar-refractivity contribution in [3.8, 4) is 16.2 Å². The molecule has 342 valence electrons. The molecule has 0 aliphatic carbocycles. The summed E-state index contributed by atoms with van der Waals surface area (Å²) in [5.41, 5.74) is 7.99. The van der Waals surface area contributed by atoms with Crippen molar-refractivity contribution in [2.24, 2.45) is 5.41 Å². The lowest BCUT2D eigenvalue weighted by molar-refractivity contribution is -0.144. The number of unbranched alkanes of at least 4 members (excludes halogenated alkanes) is 4. The predicted molar refractivity (Wildman–Crippen MR) is 255 cm³/mol. The van der Waals surface area contributed by atoms with E-state index in [0.717, 1.165) is 85.7 Å². The smallest absolute Gasteiger partial charge is 0.246 e. The molecule has 4 aromatic rings. The molecule has 63 heavy (non-hydrogen) atoms. The molecule has 0 radical (unpaired) electrons. The number of benzene rings is 3. The van der Waals surface area contributed by atoms with Crippen LogP contribution < -0.4 is 30.9 Å². The maximum absolute atomic E-state index is 14.1. The Bertz CT molecular complexity index is 2030. The van der Waals surface area contributed by atoms with Gasteiger partial charge in [0.05, 0.1) is 34.8 Å². The van der Waals surface area contributed by atoms with Crippen molar-refractivity contribution in [3.63, 3.8) is 0 Å². The van der Waals surface area contributed by atoms with Crippen LogP contribution in [0.3, 0.4) is 0 Å². The van der Waals surface area contributed by atoms with Gasteiger partial charge in [0.15, 0.2) is 0 Å². The Balaban J connectivity index is 0.945. The summed E-state index contributed by atoms with van der Waals surface area (Å²) in [5, 5.41) is 23.8. The number of thiazole rings is 1. The Kier molecular flexibility index (Phi) is 19.0. The van der Waals surface area contributed by atoms with Gasteiger partial charge in [-0.25, -0.2) is 4.98 Å². The Labute approximate surface area is 379 Å². The number of ether oxygens (including phenoxy) is 1. The number of rotatable bonds is 24. The number of likely N-dealkylation sites (tertiary alicyclic amines) is 1. The lowest BCUT2D eigenvalue weighted by Crippen LogP contribution is -2.57. The zero-order valence-corrected chi connectivity index (χ0v) is 39.4. The molecule has 1 saturated heterocycles. The fraction of sp³-hybridized carbons (Fsp3) is 0.520. The highest BCUT2D eigenvalue weighted by Gasteiger charge is 2.44. The molecule has 0 saturated carbocycles. The molecule has 1 aliphatic rings. The maximum atomic E-state index is 14.1. The number of amides is 3. The summed E-state index contributed by atoms with van der Waals surface area (Å²) >= 11 is 1.59. The van der Waals surface area contributed by atoms with Crippen LogP contribution in [0, 0.1) is 12.3 Å². The van der Waals surface area contributed by atoms with Crippen molar-refractivity contribution in [2.45, 2.75) is 123 Å². The van der Waals surface area contributed by atoms with Gasteiger partial charge in [-0.15, -0.1) is 11.3 Å². The third kappa shape index (κ3) is 15.2. The molecular formula is C50H71N7O5S. The standard InChI is InChI=1S/C50H71N7O5S/c1-35(38-21-23-39(24-22-38)46-36(2)53-34-63-46)54-48(60)44-30-41(58)33-57(44)49(61)47(50(3,4)5)55-45(59)18-11-9-8-10-14-29-62-42-25-19-37(20-26-42)31-51-27-15-28-52-32-40-16-12-13-17-43(40)56(6)7/h12-13,16-17,19-26,34-35,41,44,47,51-52,58H,8-11,14-15,18,27-33H2,1-7H3,(H,54,60)(H,55,59)/t35-,41+,44-,47?/m0/s1. The fourth-order valence-electron chi connectivity index (χ4n) is 7.95. The SMILES string of the molecule is Cc1ncsc1-c1ccc([C@H](C)NC(=O)[C@@H]2C[C@@H](O)CN2C(=O)C(NC(=O)CCCCCCCOc2ccc(CNCCCNCc3ccccc3N(C)C)cc2)C(C)(C)C)cc1. The van der Waals surface area contributed by atoms with E-state index in [-0.39, 0.29) is 36.7 Å². The topological polar surface area (TPSA) is 148 Å². The summed E-state index contributed by atoms with van der Waals surface area (Å²) in [6.45, 7) is 13.9. The lowest BCUT2D eigenvalue weighted by atomic mass is 9.85. The van der Waals surface area contributed by atoms with E-state index in [0.29, 0.717) is 19.4 Å². The van der Waals surface area contributed by atoms with E-state index < -0.39 is 23.6 Å². The Morgan fingerprint density at radius 1 is 0.889 bits per heavy atom. The second kappa shape index (κ2) is 24.3. The molecule has 13 heteroatoms. The maximum Gasteiger partial charge on any atom is 0.246 e. The molecule has 5 N–H and O–H groups in total. The van der Waals surface area contributed by atoms with E-state index in [2.05, 4.69) is 81.6 Å². The van der Waals surface area contributed by atoms with Crippen LogP contribution in [0.25, 0.3) is 10.4 Å². The van der Waals surface area contributed by atoms with Crippen molar-refractivity contribution in [1.82, 2.24) is 31.2 Å². The Morgan fingerprint density at radius 2 is 1.57 bits per heavy atom. The highest BCUT2D eigenvalue weighted by atomic mass is 32.1. The van der Waals surface area contributed by atoms with Gasteiger partial charge in [0.2, 0.25) is 17.7 Å². The molecule has 12 nitrogen and oxygen atoms in total. The van der Waals surface area contributed by atoms with E-state index >= 15 is 0 Å². The van der Waals surface area contributed by atoms with Gasteiger partial charge in [0.1, 0.15) is 17.8 Å². The number of hydrogen-bond acceptors (Lipinski definition) is 10. The van der Waals surface area contributed by atoms with Gasteiger partial charge in [-0.3, -0.25) is 14.4 Å². The van der Waals surface area contributed by atoms with Gasteiger partial charge in [0, 0.05) is 52.3 Å². The highest BCUT2D eigenvalue weighted by Crippen LogP contribution is 2.30. The number of aryl methyl sites for hydroxylation is 1. The largest absolute Gasteiger partial charge is 0.494 e. The van der Waals surface area contributed by atoms with Gasteiger partial charge >= 0.3 is 0 Å². The quantitative estimate of drug-likeness (QED) is 0.0451. The van der Waals surface area contributed by atoms with Crippen LogP contribution in [0.1, 0.15) is 107 Å². The summed E-state index contributed by atoms with van der Waals surface area (Å²) in [6, 6.07) is 22.8. The van der Waals surface area contributed by atoms with E-state index in [1.165, 1.54) is 21.7 Å². The van der Waals surface area contributed by atoms with Gasteiger partial charge in [-0.2, -0.15) is 0 Å². The first-order chi connectivity index (χ1) is 30.2. The first-order valence-corrected chi connectivity index (χ1v) is 23.6. The van der Waals surface area contributed by atoms with Crippen molar-refractivity contribution >= 4 is 34.7 Å². The third-order valence-electron chi connectivity index (χ3n) is 11.6. The van der Waals surface area contributed by atoms with Crippen LogP contribution in [0.5, 0.6) is 5.75 Å². The third-order valence-corrected chi connectivity index (χ3v) is 12.6. The molecule has 2 heterocycles. The van der Waals surface area contributed by atoms with Crippen LogP contribution in [0.2, 0.25) is 0 Å². The van der Waals surface area contributed by atoms with Crippen LogP contribution in [0.15, 0.2) is 78.3 Å². The number of β-amino-alcohol motifs (C(OH)–C–C–N with tert-alkyl or cyclic N) is 1. The number of nitrogens with zero attached hydrogens (tertiary/aromatic N) is 3. The van der Waals surface area contributed by atoms with Crippen molar-refractivity contribution in [1.29, 1.82) is 0 Å². The number of aromatic nitrogens is 1. The van der Waals surface area contributed by atoms with Crippen LogP contribution in [0.4, 0.5) is 5.69 Å². The number of aliphatic hydroxyl groups excluding tert-OH is 1. The molecule has 0 bridgehead atoms. The second-order valence-corrected chi connectivity index (χ2v) is 19.0. The fourth-order valence-corrected chi connectivity index (χ4v) is 8.76. The first kappa shape index (κ1) is 49.2. The molecular weight excluding hydrogens is 811 g/mol. The number of aliphatic hydroxyl groups is 1. The number of anilines is 1. The van der Waals surface area contributed by atoms with Crippen molar-refractivity contribution < 1.29 is 24.2 Å². The van der Waals surface area contributed by atoms with Crippen LogP contribution in [-0.4, -0.2) is 91.2 Å². The molecule has 1 unspecified atom stereocenters. The molecule has 1 aliphatic heterocycles. The van der Waals surface area contributed by atoms with Gasteiger partial charge in [-0.05, 0) is 92.1 Å². The van der Waals surface area contributed by atoms with Gasteiger partial charge in [0.25, 0.3) is 0 Å². The number of carbonyl (C=O) groups is 3. The normalized spacial score (nSPS) is 16.1.